The number of rotatable bonds is 4. The van der Waals surface area contributed by atoms with Crippen molar-refractivity contribution in [3.63, 3.8) is 0 Å². The molecular weight excluding hydrogens is 460 g/mol. The van der Waals surface area contributed by atoms with Gasteiger partial charge in [-0.05, 0) is 26.4 Å². The lowest BCUT2D eigenvalue weighted by Crippen LogP contribution is -2.53. The fourth-order valence-electron chi connectivity index (χ4n) is 4.76. The molecular formula is C22H25F2N9O2. The van der Waals surface area contributed by atoms with Gasteiger partial charge in [0.15, 0.2) is 23.1 Å². The Hall–Kier alpha value is -3.87. The van der Waals surface area contributed by atoms with Gasteiger partial charge in [0.05, 0.1) is 36.5 Å². The summed E-state index contributed by atoms with van der Waals surface area (Å²) >= 11 is 0. The first-order valence-electron chi connectivity index (χ1n) is 11.3. The Balaban J connectivity index is 1.34. The monoisotopic (exact) mass is 485 g/mol. The molecule has 3 aromatic rings. The van der Waals surface area contributed by atoms with Crippen LogP contribution in [-0.2, 0) is 4.79 Å². The fraction of sp³-hybridized carbons (Fsp3) is 0.409. The molecule has 2 aliphatic heterocycles. The van der Waals surface area contributed by atoms with Gasteiger partial charge in [-0.2, -0.15) is 0 Å². The van der Waals surface area contributed by atoms with E-state index in [0.717, 1.165) is 42.5 Å². The van der Waals surface area contributed by atoms with E-state index in [4.69, 9.17) is 5.73 Å². The Morgan fingerprint density at radius 2 is 1.89 bits per heavy atom. The molecule has 1 atom stereocenters. The van der Waals surface area contributed by atoms with Crippen molar-refractivity contribution in [3.05, 3.63) is 42.0 Å². The molecule has 0 aliphatic carbocycles. The number of amides is 2. The van der Waals surface area contributed by atoms with E-state index in [1.54, 1.807) is 4.90 Å². The highest BCUT2D eigenvalue weighted by atomic mass is 19.1. The van der Waals surface area contributed by atoms with Crippen LogP contribution >= 0.6 is 0 Å². The lowest BCUT2D eigenvalue weighted by Gasteiger charge is -2.38. The number of carbonyl (C=O) groups is 2. The summed E-state index contributed by atoms with van der Waals surface area (Å²) < 4.78 is 29.5. The van der Waals surface area contributed by atoms with Gasteiger partial charge in [0, 0.05) is 26.2 Å². The molecule has 0 aromatic carbocycles. The number of nitrogens with one attached hydrogen (secondary N) is 1. The number of piperazine rings is 1. The van der Waals surface area contributed by atoms with Gasteiger partial charge in [-0.15, -0.1) is 5.10 Å². The summed E-state index contributed by atoms with van der Waals surface area (Å²) in [5.74, 6) is -1.97. The number of halogens is 2. The first-order chi connectivity index (χ1) is 16.8. The minimum atomic E-state index is -0.677. The second-order valence-electron chi connectivity index (χ2n) is 8.72. The molecule has 0 bridgehead atoms. The van der Waals surface area contributed by atoms with Crippen LogP contribution in [0.1, 0.15) is 23.2 Å². The molecule has 2 fully saturated rings. The highest BCUT2D eigenvalue weighted by Gasteiger charge is 2.33. The summed E-state index contributed by atoms with van der Waals surface area (Å²) in [4.78, 5) is 39.4. The lowest BCUT2D eigenvalue weighted by atomic mass is 10.1. The maximum atomic E-state index is 14.9. The summed E-state index contributed by atoms with van der Waals surface area (Å²) in [6.07, 6.45) is 6.26. The average molecular weight is 485 g/mol. The summed E-state index contributed by atoms with van der Waals surface area (Å²) in [5.41, 5.74) is 6.20. The van der Waals surface area contributed by atoms with Crippen molar-refractivity contribution in [2.24, 2.45) is 0 Å². The standard InChI is InChI=1S/C22H25F2N9O2/c1-30-4-2-3-16(30)22(35)32-7-5-31(6-8-32)18-14(24)10-26-11-15(18)28-21(34)17-19(25)29-33-12-13(23)9-27-20(17)33/h9-12,16H,2-8H2,1H3,(H2,25,29)(H,28,34)/t16-/m1/s1. The smallest absolute Gasteiger partial charge is 0.263 e. The van der Waals surface area contributed by atoms with Crippen LogP contribution in [-0.4, -0.2) is 87.0 Å². The molecule has 0 radical (unpaired) electrons. The normalized spacial score (nSPS) is 18.9. The molecule has 184 valence electrons. The lowest BCUT2D eigenvalue weighted by molar-refractivity contribution is -0.135. The molecule has 2 aliphatic rings. The van der Waals surface area contributed by atoms with Gasteiger partial charge in [-0.1, -0.05) is 0 Å². The van der Waals surface area contributed by atoms with E-state index in [9.17, 15) is 18.4 Å². The molecule has 0 spiro atoms. The quantitative estimate of drug-likeness (QED) is 0.560. The fourth-order valence-corrected chi connectivity index (χ4v) is 4.76. The number of anilines is 3. The van der Waals surface area contributed by atoms with Crippen molar-refractivity contribution in [1.82, 2.24) is 29.4 Å². The molecule has 0 saturated carbocycles. The number of likely N-dealkylation sites (N-methyl/N-ethyl adjacent to an activating group) is 1. The molecule has 0 unspecified atom stereocenters. The zero-order chi connectivity index (χ0) is 24.7. The molecule has 11 nitrogen and oxygen atoms in total. The number of nitrogens with two attached hydrogens (primary N) is 1. The maximum absolute atomic E-state index is 14.9. The number of nitrogen functional groups attached to an aromatic ring is 1. The van der Waals surface area contributed by atoms with Crippen LogP contribution in [0.15, 0.2) is 24.8 Å². The van der Waals surface area contributed by atoms with Crippen molar-refractivity contribution >= 4 is 34.7 Å². The zero-order valence-corrected chi connectivity index (χ0v) is 19.1. The number of aromatic nitrogens is 4. The predicted octanol–water partition coefficient (Wildman–Crippen LogP) is 0.980. The Labute approximate surface area is 199 Å². The first-order valence-corrected chi connectivity index (χ1v) is 11.3. The van der Waals surface area contributed by atoms with Crippen LogP contribution in [0.3, 0.4) is 0 Å². The van der Waals surface area contributed by atoms with E-state index in [1.165, 1.54) is 6.20 Å². The van der Waals surface area contributed by atoms with Gasteiger partial charge in [0.2, 0.25) is 5.91 Å². The van der Waals surface area contributed by atoms with Gasteiger partial charge in [-0.25, -0.2) is 18.3 Å². The van der Waals surface area contributed by atoms with Crippen molar-refractivity contribution in [3.8, 4) is 0 Å². The van der Waals surface area contributed by atoms with E-state index >= 15 is 0 Å². The summed E-state index contributed by atoms with van der Waals surface area (Å²) in [6, 6.07) is -0.104. The van der Waals surface area contributed by atoms with Crippen molar-refractivity contribution in [2.45, 2.75) is 18.9 Å². The Bertz CT molecular complexity index is 1290. The minimum absolute atomic E-state index is 0.0590. The van der Waals surface area contributed by atoms with Gasteiger partial charge in [0.25, 0.3) is 5.91 Å². The van der Waals surface area contributed by atoms with E-state index in [2.05, 4.69) is 25.3 Å². The predicted molar refractivity (Wildman–Crippen MR) is 124 cm³/mol. The number of likely N-dealkylation sites (tertiary alicyclic amines) is 1. The van der Waals surface area contributed by atoms with Crippen LogP contribution in [0, 0.1) is 11.6 Å². The van der Waals surface area contributed by atoms with Crippen LogP contribution in [0.2, 0.25) is 0 Å². The molecule has 5 rings (SSSR count). The van der Waals surface area contributed by atoms with Crippen LogP contribution in [0.25, 0.3) is 5.65 Å². The number of hydrogen-bond acceptors (Lipinski definition) is 8. The molecule has 5 heterocycles. The first kappa shape index (κ1) is 22.9. The third kappa shape index (κ3) is 4.22. The Morgan fingerprint density at radius 1 is 1.11 bits per heavy atom. The largest absolute Gasteiger partial charge is 0.381 e. The summed E-state index contributed by atoms with van der Waals surface area (Å²) in [7, 11) is 1.95. The van der Waals surface area contributed by atoms with Gasteiger partial charge < -0.3 is 20.9 Å². The molecule has 35 heavy (non-hydrogen) atoms. The average Bonchev–Trinajstić information content (AvgIpc) is 3.40. The maximum Gasteiger partial charge on any atom is 0.263 e. The van der Waals surface area contributed by atoms with Crippen LogP contribution < -0.4 is 16.0 Å². The minimum Gasteiger partial charge on any atom is -0.381 e. The molecule has 3 N–H and O–H groups in total. The van der Waals surface area contributed by atoms with Crippen molar-refractivity contribution in [1.29, 1.82) is 0 Å². The van der Waals surface area contributed by atoms with Crippen molar-refractivity contribution < 1.29 is 18.4 Å². The SMILES string of the molecule is CN1CCC[C@@H]1C(=O)N1CCN(c2c(F)cncc2NC(=O)c2c(N)nn3cc(F)cnc23)CC1. The van der Waals surface area contributed by atoms with E-state index in [1.807, 2.05) is 11.9 Å². The topological polar surface area (TPSA) is 125 Å². The second kappa shape index (κ2) is 9.06. The number of hydrogen-bond donors (Lipinski definition) is 2. The molecule has 13 heteroatoms. The van der Waals surface area contributed by atoms with Crippen molar-refractivity contribution in [2.75, 3.05) is 55.7 Å². The van der Waals surface area contributed by atoms with E-state index < -0.39 is 17.5 Å². The molecule has 2 amide bonds. The summed E-state index contributed by atoms with van der Waals surface area (Å²) in [5, 5.41) is 6.57. The highest BCUT2D eigenvalue weighted by molar-refractivity contribution is 6.12. The zero-order valence-electron chi connectivity index (χ0n) is 19.1. The molecule has 3 aromatic heterocycles. The third-order valence-electron chi connectivity index (χ3n) is 6.53. The van der Waals surface area contributed by atoms with E-state index in [-0.39, 0.29) is 40.4 Å². The Morgan fingerprint density at radius 3 is 2.60 bits per heavy atom. The highest BCUT2D eigenvalue weighted by Crippen LogP contribution is 2.31. The Kier molecular flexibility index (Phi) is 5.93. The van der Waals surface area contributed by atoms with Crippen LogP contribution in [0.4, 0.5) is 26.0 Å². The number of pyridine rings is 1. The molecule has 2 saturated heterocycles. The second-order valence-corrected chi connectivity index (χ2v) is 8.72. The van der Waals surface area contributed by atoms with Gasteiger partial charge in [0.1, 0.15) is 11.3 Å². The van der Waals surface area contributed by atoms with Gasteiger partial charge in [-0.3, -0.25) is 19.5 Å². The number of fused-ring (bicyclic) bond motifs is 1. The van der Waals surface area contributed by atoms with Gasteiger partial charge >= 0.3 is 0 Å². The number of nitrogens with zero attached hydrogens (tertiary/aromatic N) is 7. The number of carbonyl (C=O) groups excluding carboxylic acids is 2. The summed E-state index contributed by atoms with van der Waals surface area (Å²) in [6.45, 7) is 2.57. The van der Waals surface area contributed by atoms with Crippen LogP contribution in [0.5, 0.6) is 0 Å². The van der Waals surface area contributed by atoms with E-state index in [0.29, 0.717) is 26.2 Å². The third-order valence-corrected chi connectivity index (χ3v) is 6.53.